The summed E-state index contributed by atoms with van der Waals surface area (Å²) in [4.78, 5) is 11.3. The number of nitrogens with zero attached hydrogens (tertiary/aromatic N) is 4. The second-order valence-electron chi connectivity index (χ2n) is 7.54. The molecular weight excluding hydrogens is 312 g/mol. The summed E-state index contributed by atoms with van der Waals surface area (Å²) in [6.07, 6.45) is 1.64. The highest BCUT2D eigenvalue weighted by Crippen LogP contribution is 2.32. The van der Waals surface area contributed by atoms with E-state index in [2.05, 4.69) is 35.6 Å². The van der Waals surface area contributed by atoms with E-state index in [9.17, 15) is 8.42 Å². The van der Waals surface area contributed by atoms with E-state index in [0.717, 1.165) is 30.2 Å². The van der Waals surface area contributed by atoms with Crippen LogP contribution in [0.5, 0.6) is 0 Å². The monoisotopic (exact) mass is 338 g/mol. The number of aromatic nitrogens is 2. The van der Waals surface area contributed by atoms with Crippen LogP contribution in [-0.4, -0.2) is 54.1 Å². The molecule has 0 aromatic carbocycles. The summed E-state index contributed by atoms with van der Waals surface area (Å²) in [7, 11) is -3.06. The van der Waals surface area contributed by atoms with Crippen molar-refractivity contribution in [1.29, 1.82) is 0 Å². The molecule has 2 aliphatic rings. The summed E-state index contributed by atoms with van der Waals surface area (Å²) in [5.41, 5.74) is 0.993. The van der Waals surface area contributed by atoms with Crippen LogP contribution in [0.25, 0.3) is 0 Å². The molecule has 2 heterocycles. The molecule has 1 saturated carbocycles. The summed E-state index contributed by atoms with van der Waals surface area (Å²) in [6, 6.07) is 2.04. The normalized spacial score (nSPS) is 20.8. The average molecular weight is 338 g/mol. The van der Waals surface area contributed by atoms with Crippen molar-refractivity contribution in [3.05, 3.63) is 17.6 Å². The zero-order valence-electron chi connectivity index (χ0n) is 14.4. The third-order valence-electron chi connectivity index (χ3n) is 4.46. The summed E-state index contributed by atoms with van der Waals surface area (Å²) in [5, 5.41) is -0.122. The van der Waals surface area contributed by atoms with Gasteiger partial charge in [-0.2, -0.15) is 4.31 Å². The van der Waals surface area contributed by atoms with Crippen molar-refractivity contribution >= 4 is 15.8 Å². The molecule has 1 aromatic heterocycles. The van der Waals surface area contributed by atoms with Crippen LogP contribution in [0.2, 0.25) is 0 Å². The van der Waals surface area contributed by atoms with Crippen LogP contribution >= 0.6 is 0 Å². The molecule has 128 valence electrons. The fourth-order valence-corrected chi connectivity index (χ4v) is 4.67. The van der Waals surface area contributed by atoms with E-state index < -0.39 is 10.0 Å². The minimum atomic E-state index is -3.06. The molecule has 0 N–H and O–H groups in total. The Hall–Kier alpha value is -1.21. The number of aryl methyl sites for hydroxylation is 1. The Bertz CT molecular complexity index is 685. The van der Waals surface area contributed by atoms with E-state index in [1.165, 1.54) is 0 Å². The van der Waals surface area contributed by atoms with Gasteiger partial charge < -0.3 is 4.90 Å². The van der Waals surface area contributed by atoms with Gasteiger partial charge in [0.1, 0.15) is 11.6 Å². The van der Waals surface area contributed by atoms with E-state index in [1.807, 2.05) is 13.0 Å². The third kappa shape index (κ3) is 3.50. The maximum Gasteiger partial charge on any atom is 0.217 e. The fraction of sp³-hybridized carbons (Fsp3) is 0.750. The van der Waals surface area contributed by atoms with Gasteiger partial charge in [0.25, 0.3) is 0 Å². The van der Waals surface area contributed by atoms with E-state index in [1.54, 1.807) is 4.31 Å². The van der Waals surface area contributed by atoms with Gasteiger partial charge in [-0.15, -0.1) is 0 Å². The highest BCUT2D eigenvalue weighted by molar-refractivity contribution is 7.90. The van der Waals surface area contributed by atoms with Crippen molar-refractivity contribution in [3.63, 3.8) is 0 Å². The van der Waals surface area contributed by atoms with E-state index >= 15 is 0 Å². The molecule has 2 fully saturated rings. The van der Waals surface area contributed by atoms with E-state index in [4.69, 9.17) is 0 Å². The minimum absolute atomic E-state index is 0.0282. The molecule has 0 unspecified atom stereocenters. The van der Waals surface area contributed by atoms with Gasteiger partial charge in [0.2, 0.25) is 10.0 Å². The van der Waals surface area contributed by atoms with Gasteiger partial charge in [0, 0.05) is 37.7 Å². The molecule has 0 atom stereocenters. The number of anilines is 1. The highest BCUT2D eigenvalue weighted by Gasteiger charge is 2.41. The molecule has 0 bridgehead atoms. The molecule has 6 nitrogen and oxygen atoms in total. The van der Waals surface area contributed by atoms with Crippen LogP contribution < -0.4 is 4.90 Å². The predicted octanol–water partition coefficient (Wildman–Crippen LogP) is 1.70. The van der Waals surface area contributed by atoms with Gasteiger partial charge in [-0.1, -0.05) is 20.8 Å². The van der Waals surface area contributed by atoms with Crippen LogP contribution in [0.3, 0.4) is 0 Å². The van der Waals surface area contributed by atoms with Crippen molar-refractivity contribution in [2.45, 2.75) is 51.2 Å². The number of rotatable bonds is 3. The Balaban J connectivity index is 1.74. The molecular formula is C16H26N4O2S. The number of sulfonamides is 1. The van der Waals surface area contributed by atoms with Crippen LogP contribution in [-0.2, 0) is 15.4 Å². The first-order chi connectivity index (χ1) is 10.7. The predicted molar refractivity (Wildman–Crippen MR) is 91.2 cm³/mol. The zero-order chi connectivity index (χ0) is 16.8. The smallest absolute Gasteiger partial charge is 0.217 e. The second kappa shape index (κ2) is 5.70. The molecule has 3 rings (SSSR count). The zero-order valence-corrected chi connectivity index (χ0v) is 15.2. The molecule has 0 spiro atoms. The summed E-state index contributed by atoms with van der Waals surface area (Å²) in [6.45, 7) is 10.8. The number of piperazine rings is 1. The quantitative estimate of drug-likeness (QED) is 0.839. The van der Waals surface area contributed by atoms with Crippen LogP contribution in [0, 0.1) is 6.92 Å². The van der Waals surface area contributed by atoms with Crippen molar-refractivity contribution in [2.75, 3.05) is 31.1 Å². The first kappa shape index (κ1) is 16.6. The largest absolute Gasteiger partial charge is 0.354 e. The van der Waals surface area contributed by atoms with Crippen molar-refractivity contribution < 1.29 is 8.42 Å². The molecule has 7 heteroatoms. The lowest BCUT2D eigenvalue weighted by atomic mass is 9.92. The molecule has 1 aliphatic heterocycles. The molecule has 1 aromatic rings. The minimum Gasteiger partial charge on any atom is -0.354 e. The molecule has 0 amide bonds. The lowest BCUT2D eigenvalue weighted by molar-refractivity contribution is 0.382. The maximum absolute atomic E-state index is 12.3. The van der Waals surface area contributed by atoms with E-state index in [0.29, 0.717) is 26.2 Å². The average Bonchev–Trinajstić information content (AvgIpc) is 3.31. The Kier molecular flexibility index (Phi) is 4.13. The fourth-order valence-electron chi connectivity index (χ4n) is 2.85. The highest BCUT2D eigenvalue weighted by atomic mass is 32.2. The lowest BCUT2D eigenvalue weighted by Crippen LogP contribution is -2.50. The lowest BCUT2D eigenvalue weighted by Gasteiger charge is -2.35. The SMILES string of the molecule is Cc1nc(N2CCN(S(=O)(=O)C3CC3)CC2)cc(C(C)(C)C)n1. The summed E-state index contributed by atoms with van der Waals surface area (Å²) < 4.78 is 26.3. The van der Waals surface area contributed by atoms with Crippen LogP contribution in [0.15, 0.2) is 6.07 Å². The van der Waals surface area contributed by atoms with Gasteiger partial charge in [0.05, 0.1) is 10.9 Å². The second-order valence-corrected chi connectivity index (χ2v) is 9.75. The van der Waals surface area contributed by atoms with Crippen molar-refractivity contribution in [3.8, 4) is 0 Å². The number of hydrogen-bond acceptors (Lipinski definition) is 5. The van der Waals surface area contributed by atoms with Gasteiger partial charge in [0.15, 0.2) is 0 Å². The maximum atomic E-state index is 12.3. The Morgan fingerprint density at radius 3 is 2.22 bits per heavy atom. The van der Waals surface area contributed by atoms with Crippen LogP contribution in [0.4, 0.5) is 5.82 Å². The van der Waals surface area contributed by atoms with Gasteiger partial charge in [-0.25, -0.2) is 18.4 Å². The topological polar surface area (TPSA) is 66.4 Å². The number of hydrogen-bond donors (Lipinski definition) is 0. The Labute approximate surface area is 139 Å². The molecule has 23 heavy (non-hydrogen) atoms. The Morgan fingerprint density at radius 2 is 1.70 bits per heavy atom. The first-order valence-electron chi connectivity index (χ1n) is 8.28. The van der Waals surface area contributed by atoms with Crippen molar-refractivity contribution in [1.82, 2.24) is 14.3 Å². The summed E-state index contributed by atoms with van der Waals surface area (Å²) >= 11 is 0. The van der Waals surface area contributed by atoms with E-state index in [-0.39, 0.29) is 10.7 Å². The van der Waals surface area contributed by atoms with Crippen molar-refractivity contribution in [2.24, 2.45) is 0 Å². The van der Waals surface area contributed by atoms with Gasteiger partial charge >= 0.3 is 0 Å². The third-order valence-corrected chi connectivity index (χ3v) is 6.86. The molecule has 0 radical (unpaired) electrons. The standard InChI is InChI=1S/C16H26N4O2S/c1-12-17-14(16(2,3)4)11-15(18-12)19-7-9-20(10-8-19)23(21,22)13-5-6-13/h11,13H,5-10H2,1-4H3. The molecule has 1 saturated heterocycles. The Morgan fingerprint density at radius 1 is 1.09 bits per heavy atom. The van der Waals surface area contributed by atoms with Crippen LogP contribution in [0.1, 0.15) is 45.1 Å². The molecule has 1 aliphatic carbocycles. The summed E-state index contributed by atoms with van der Waals surface area (Å²) in [5.74, 6) is 1.67. The van der Waals surface area contributed by atoms with Gasteiger partial charge in [-0.3, -0.25) is 0 Å². The van der Waals surface area contributed by atoms with Gasteiger partial charge in [-0.05, 0) is 19.8 Å². The first-order valence-corrected chi connectivity index (χ1v) is 9.78.